The largest absolute Gasteiger partial charge is 0.333 e. The molecule has 1 aliphatic heterocycles. The van der Waals surface area contributed by atoms with Gasteiger partial charge in [0.2, 0.25) is 0 Å². The smallest absolute Gasteiger partial charge is 0.0629 e. The van der Waals surface area contributed by atoms with E-state index in [0.29, 0.717) is 0 Å². The van der Waals surface area contributed by atoms with Crippen LogP contribution in [0.5, 0.6) is 0 Å². The first-order chi connectivity index (χ1) is 27.8. The van der Waals surface area contributed by atoms with E-state index in [2.05, 4.69) is 228 Å². The van der Waals surface area contributed by atoms with Crippen molar-refractivity contribution in [2.24, 2.45) is 0 Å². The van der Waals surface area contributed by atoms with Crippen LogP contribution >= 0.6 is 0 Å². The van der Waals surface area contributed by atoms with Gasteiger partial charge in [-0.3, -0.25) is 0 Å². The maximum absolute atomic E-state index is 2.56. The zero-order valence-electron chi connectivity index (χ0n) is 30.8. The van der Waals surface area contributed by atoms with Crippen molar-refractivity contribution in [3.63, 3.8) is 0 Å². The van der Waals surface area contributed by atoms with Crippen LogP contribution in [0.4, 0.5) is 11.4 Å². The van der Waals surface area contributed by atoms with E-state index in [4.69, 9.17) is 0 Å². The molecule has 0 saturated heterocycles. The van der Waals surface area contributed by atoms with Crippen LogP contribution in [-0.4, -0.2) is 10.6 Å². The average Bonchev–Trinajstić information content (AvgIpc) is 3.79. The van der Waals surface area contributed by atoms with Gasteiger partial charge in [0.15, 0.2) is 0 Å². The Labute approximate surface area is 327 Å². The maximum Gasteiger partial charge on any atom is 0.0629 e. The third-order valence-electron chi connectivity index (χ3n) is 11.7. The molecule has 0 bridgehead atoms. The monoisotopic (exact) mass is 714 g/mol. The highest BCUT2D eigenvalue weighted by atomic mass is 15.2. The number of hydrogen-bond donors (Lipinski definition) is 0. The van der Waals surface area contributed by atoms with Crippen LogP contribution in [0.3, 0.4) is 0 Å². The first kappa shape index (κ1) is 32.3. The van der Waals surface area contributed by atoms with Crippen LogP contribution < -0.4 is 4.90 Å². The van der Waals surface area contributed by atoms with Crippen LogP contribution in [0, 0.1) is 0 Å². The van der Waals surface area contributed by atoms with Gasteiger partial charge in [-0.25, -0.2) is 0 Å². The number of aromatic nitrogens is 1. The second-order valence-electron chi connectivity index (χ2n) is 14.9. The summed E-state index contributed by atoms with van der Waals surface area (Å²) in [7, 11) is 0. The summed E-state index contributed by atoms with van der Waals surface area (Å²) >= 11 is 0. The van der Waals surface area contributed by atoms with Crippen molar-refractivity contribution in [1.29, 1.82) is 0 Å². The van der Waals surface area contributed by atoms with E-state index in [-0.39, 0.29) is 12.0 Å². The SMILES string of the molecule is C1=CC2c3cc(-c4ccc5c(c4)c4ccccc4n5-c4ccc(-c5ccccc5)cc4)ccc3N(c3cc(-c4ccccc4)cc(-c4ccccc4)c3)C2C=C1. The molecule has 2 unspecified atom stereocenters. The predicted molar refractivity (Wildman–Crippen MR) is 236 cm³/mol. The summed E-state index contributed by atoms with van der Waals surface area (Å²) in [4.78, 5) is 2.56. The molecule has 2 nitrogen and oxygen atoms in total. The van der Waals surface area contributed by atoms with Gasteiger partial charge in [-0.1, -0.05) is 158 Å². The van der Waals surface area contributed by atoms with Crippen molar-refractivity contribution in [2.45, 2.75) is 12.0 Å². The third kappa shape index (κ3) is 5.41. The van der Waals surface area contributed by atoms with Gasteiger partial charge in [-0.05, 0) is 111 Å². The Morgan fingerprint density at radius 2 is 0.875 bits per heavy atom. The van der Waals surface area contributed by atoms with Gasteiger partial charge in [-0.2, -0.15) is 0 Å². The molecule has 2 atom stereocenters. The number of benzene rings is 8. The lowest BCUT2D eigenvalue weighted by Gasteiger charge is -2.29. The summed E-state index contributed by atoms with van der Waals surface area (Å²) in [5.41, 5.74) is 17.2. The number of fused-ring (bicyclic) bond motifs is 6. The van der Waals surface area contributed by atoms with E-state index in [1.807, 2.05) is 0 Å². The number of rotatable bonds is 6. The predicted octanol–water partition coefficient (Wildman–Crippen LogP) is 14.2. The molecule has 0 saturated carbocycles. The Bertz CT molecular complexity index is 2900. The molecule has 0 radical (unpaired) electrons. The summed E-state index contributed by atoms with van der Waals surface area (Å²) in [5.74, 6) is 0.250. The molecule has 8 aromatic carbocycles. The highest BCUT2D eigenvalue weighted by molar-refractivity contribution is 6.10. The summed E-state index contributed by atoms with van der Waals surface area (Å²) < 4.78 is 2.40. The minimum Gasteiger partial charge on any atom is -0.333 e. The van der Waals surface area contributed by atoms with Crippen LogP contribution in [-0.2, 0) is 0 Å². The highest BCUT2D eigenvalue weighted by Gasteiger charge is 2.38. The summed E-state index contributed by atoms with van der Waals surface area (Å²) in [6.07, 6.45) is 9.17. The Morgan fingerprint density at radius 3 is 1.57 bits per heavy atom. The summed E-state index contributed by atoms with van der Waals surface area (Å²) in [6, 6.07) is 71.2. The Kier molecular flexibility index (Phi) is 7.67. The van der Waals surface area contributed by atoms with Gasteiger partial charge < -0.3 is 9.47 Å². The Hall–Kier alpha value is -7.16. The summed E-state index contributed by atoms with van der Waals surface area (Å²) in [5, 5.41) is 2.52. The lowest BCUT2D eigenvalue weighted by Crippen LogP contribution is -2.28. The van der Waals surface area contributed by atoms with Crippen molar-refractivity contribution in [3.05, 3.63) is 224 Å². The molecule has 2 aliphatic rings. The fourth-order valence-electron chi connectivity index (χ4n) is 9.03. The number of allylic oxidation sites excluding steroid dienone is 2. The van der Waals surface area contributed by atoms with Gasteiger partial charge in [0.25, 0.3) is 0 Å². The minimum atomic E-state index is 0.189. The molecule has 0 fully saturated rings. The van der Waals surface area contributed by atoms with E-state index in [0.717, 1.165) is 5.69 Å². The molecule has 1 aromatic heterocycles. The lowest BCUT2D eigenvalue weighted by atomic mass is 9.89. The molecule has 2 heteroatoms. The first-order valence-corrected chi connectivity index (χ1v) is 19.5. The van der Waals surface area contributed by atoms with Crippen LogP contribution in [0.25, 0.3) is 72.0 Å². The molecular formula is C54H38N2. The molecule has 9 aromatic rings. The lowest BCUT2D eigenvalue weighted by molar-refractivity contribution is 0.745. The van der Waals surface area contributed by atoms with Gasteiger partial charge >= 0.3 is 0 Å². The quantitative estimate of drug-likeness (QED) is 0.166. The van der Waals surface area contributed by atoms with Crippen molar-refractivity contribution in [3.8, 4) is 50.2 Å². The summed E-state index contributed by atoms with van der Waals surface area (Å²) in [6.45, 7) is 0. The Morgan fingerprint density at radius 1 is 0.339 bits per heavy atom. The van der Waals surface area contributed by atoms with Crippen LogP contribution in [0.2, 0.25) is 0 Å². The molecule has 264 valence electrons. The normalized spacial score (nSPS) is 15.7. The first-order valence-electron chi connectivity index (χ1n) is 19.5. The van der Waals surface area contributed by atoms with Gasteiger partial charge in [0, 0.05) is 33.8 Å². The molecule has 0 N–H and O–H groups in total. The Balaban J connectivity index is 1.01. The van der Waals surface area contributed by atoms with E-state index >= 15 is 0 Å². The molecule has 0 amide bonds. The molecule has 2 heterocycles. The van der Waals surface area contributed by atoms with E-state index < -0.39 is 0 Å². The second-order valence-corrected chi connectivity index (χ2v) is 14.9. The average molecular weight is 715 g/mol. The minimum absolute atomic E-state index is 0.189. The number of nitrogens with zero attached hydrogens (tertiary/aromatic N) is 2. The molecular weight excluding hydrogens is 677 g/mol. The molecule has 1 aliphatic carbocycles. The standard InChI is InChI=1S/C54H38N2/c1-4-14-37(15-5-1)40-24-28-45(29-25-40)55-51-22-12-10-20-47(51)49-35-41(26-30-53(49)55)42-27-31-54-50(36-42)48-21-11-13-23-52(48)56(54)46-33-43(38-16-6-2-7-17-38)32-44(34-46)39-18-8-3-9-19-39/h1-36,48,52H. The fraction of sp³-hybridized carbons (Fsp3) is 0.0370. The van der Waals surface area contributed by atoms with Crippen LogP contribution in [0.1, 0.15) is 11.5 Å². The van der Waals surface area contributed by atoms with Gasteiger partial charge in [-0.15, -0.1) is 0 Å². The zero-order valence-corrected chi connectivity index (χ0v) is 30.8. The van der Waals surface area contributed by atoms with Crippen LogP contribution in [0.15, 0.2) is 218 Å². The molecule has 11 rings (SSSR count). The van der Waals surface area contributed by atoms with Gasteiger partial charge in [0.1, 0.15) is 0 Å². The molecule has 56 heavy (non-hydrogen) atoms. The van der Waals surface area contributed by atoms with Crippen molar-refractivity contribution < 1.29 is 0 Å². The topological polar surface area (TPSA) is 8.17 Å². The number of para-hydroxylation sites is 1. The second kappa shape index (κ2) is 13.3. The van der Waals surface area contributed by atoms with Gasteiger partial charge in [0.05, 0.1) is 17.1 Å². The fourth-order valence-corrected chi connectivity index (χ4v) is 9.03. The van der Waals surface area contributed by atoms with Crippen molar-refractivity contribution >= 4 is 33.2 Å². The number of anilines is 2. The van der Waals surface area contributed by atoms with E-state index in [1.165, 1.54) is 83.3 Å². The van der Waals surface area contributed by atoms with Crippen molar-refractivity contribution in [1.82, 2.24) is 4.57 Å². The zero-order chi connectivity index (χ0) is 37.0. The highest BCUT2D eigenvalue weighted by Crippen LogP contribution is 2.50. The van der Waals surface area contributed by atoms with E-state index in [9.17, 15) is 0 Å². The van der Waals surface area contributed by atoms with E-state index in [1.54, 1.807) is 0 Å². The van der Waals surface area contributed by atoms with Crippen molar-refractivity contribution in [2.75, 3.05) is 4.90 Å². The third-order valence-corrected chi connectivity index (χ3v) is 11.7. The number of hydrogen-bond acceptors (Lipinski definition) is 1. The molecule has 0 spiro atoms. The maximum atomic E-state index is 2.56.